The zero-order valence-corrected chi connectivity index (χ0v) is 9.99. The highest BCUT2D eigenvalue weighted by Crippen LogP contribution is 2.32. The van der Waals surface area contributed by atoms with Crippen molar-refractivity contribution in [1.82, 2.24) is 9.61 Å². The van der Waals surface area contributed by atoms with Gasteiger partial charge in [-0.2, -0.15) is 5.10 Å². The van der Waals surface area contributed by atoms with Gasteiger partial charge in [0, 0.05) is 18.2 Å². The highest BCUT2D eigenvalue weighted by Gasteiger charge is 2.23. The number of hydrogen-bond acceptors (Lipinski definition) is 3. The maximum atomic E-state index is 11.8. The molecular formula is C13H14N2O2. The van der Waals surface area contributed by atoms with Crippen molar-refractivity contribution in [3.63, 3.8) is 0 Å². The SMILES string of the molecule is CCc1nn2ccc3c(c2c1C(C)=O)CCO3. The quantitative estimate of drug-likeness (QED) is 0.741. The average molecular weight is 230 g/mol. The van der Waals surface area contributed by atoms with Gasteiger partial charge in [-0.1, -0.05) is 6.92 Å². The van der Waals surface area contributed by atoms with Crippen molar-refractivity contribution in [3.05, 3.63) is 29.1 Å². The monoisotopic (exact) mass is 230 g/mol. The van der Waals surface area contributed by atoms with Crippen LogP contribution in [0.2, 0.25) is 0 Å². The van der Waals surface area contributed by atoms with Crippen molar-refractivity contribution >= 4 is 11.3 Å². The molecule has 4 heteroatoms. The third-order valence-corrected chi connectivity index (χ3v) is 3.23. The average Bonchev–Trinajstić information content (AvgIpc) is 2.91. The fraction of sp³-hybridized carbons (Fsp3) is 0.385. The highest BCUT2D eigenvalue weighted by atomic mass is 16.5. The minimum Gasteiger partial charge on any atom is -0.493 e. The van der Waals surface area contributed by atoms with Gasteiger partial charge in [0.05, 0.1) is 23.4 Å². The van der Waals surface area contributed by atoms with Gasteiger partial charge < -0.3 is 4.74 Å². The number of rotatable bonds is 2. The number of hydrogen-bond donors (Lipinski definition) is 0. The van der Waals surface area contributed by atoms with E-state index in [1.54, 1.807) is 6.92 Å². The van der Waals surface area contributed by atoms with Gasteiger partial charge in [0.25, 0.3) is 0 Å². The Morgan fingerprint density at radius 2 is 2.41 bits per heavy atom. The van der Waals surface area contributed by atoms with Crippen molar-refractivity contribution < 1.29 is 9.53 Å². The van der Waals surface area contributed by atoms with E-state index in [0.717, 1.165) is 40.9 Å². The third kappa shape index (κ3) is 1.37. The number of carbonyl (C=O) groups excluding carboxylic acids is 1. The Kier molecular flexibility index (Phi) is 2.18. The molecule has 0 unspecified atom stereocenters. The largest absolute Gasteiger partial charge is 0.493 e. The number of ether oxygens (including phenoxy) is 1. The summed E-state index contributed by atoms with van der Waals surface area (Å²) in [5, 5.41) is 4.47. The number of fused-ring (bicyclic) bond motifs is 3. The van der Waals surface area contributed by atoms with E-state index in [1.165, 1.54) is 0 Å². The summed E-state index contributed by atoms with van der Waals surface area (Å²) in [7, 11) is 0. The van der Waals surface area contributed by atoms with Crippen LogP contribution >= 0.6 is 0 Å². The predicted molar refractivity (Wildman–Crippen MR) is 63.8 cm³/mol. The second-order valence-electron chi connectivity index (χ2n) is 4.28. The number of pyridine rings is 1. The lowest BCUT2D eigenvalue weighted by Gasteiger charge is -2.02. The van der Waals surface area contributed by atoms with Gasteiger partial charge in [-0.3, -0.25) is 4.79 Å². The molecular weight excluding hydrogens is 216 g/mol. The van der Waals surface area contributed by atoms with Crippen LogP contribution in [0.15, 0.2) is 12.3 Å². The van der Waals surface area contributed by atoms with E-state index in [-0.39, 0.29) is 5.78 Å². The number of ketones is 1. The molecule has 0 amide bonds. The first-order chi connectivity index (χ1) is 8.22. The summed E-state index contributed by atoms with van der Waals surface area (Å²) in [6.07, 6.45) is 3.49. The van der Waals surface area contributed by atoms with Crippen molar-refractivity contribution in [3.8, 4) is 5.75 Å². The first kappa shape index (κ1) is 10.3. The number of nitrogens with zero attached hydrogens (tertiary/aromatic N) is 2. The molecule has 2 aromatic rings. The Balaban J connectivity index is 2.41. The second kappa shape index (κ2) is 3.58. The molecule has 2 aromatic heterocycles. The Morgan fingerprint density at radius 3 is 3.12 bits per heavy atom. The van der Waals surface area contributed by atoms with Crippen LogP contribution in [0.3, 0.4) is 0 Å². The molecule has 17 heavy (non-hydrogen) atoms. The van der Waals surface area contributed by atoms with Gasteiger partial charge in [-0.25, -0.2) is 4.52 Å². The molecule has 0 aliphatic carbocycles. The summed E-state index contributed by atoms with van der Waals surface area (Å²) in [6, 6.07) is 1.92. The van der Waals surface area contributed by atoms with Gasteiger partial charge in [0.1, 0.15) is 5.75 Å². The van der Waals surface area contributed by atoms with Gasteiger partial charge in [-0.05, 0) is 19.4 Å². The summed E-state index contributed by atoms with van der Waals surface area (Å²) in [5.74, 6) is 0.972. The van der Waals surface area contributed by atoms with E-state index in [0.29, 0.717) is 6.61 Å². The topological polar surface area (TPSA) is 43.6 Å². The minimum atomic E-state index is 0.0807. The second-order valence-corrected chi connectivity index (χ2v) is 4.28. The van der Waals surface area contributed by atoms with Crippen molar-refractivity contribution in [2.24, 2.45) is 0 Å². The number of aromatic nitrogens is 2. The van der Waals surface area contributed by atoms with E-state index in [9.17, 15) is 4.79 Å². The fourth-order valence-electron chi connectivity index (χ4n) is 2.49. The van der Waals surface area contributed by atoms with E-state index >= 15 is 0 Å². The number of carbonyl (C=O) groups is 1. The van der Waals surface area contributed by atoms with Crippen molar-refractivity contribution in [2.45, 2.75) is 26.7 Å². The Bertz CT molecular complexity index is 613. The predicted octanol–water partition coefficient (Wildman–Crippen LogP) is 2.03. The maximum Gasteiger partial charge on any atom is 0.163 e. The molecule has 0 radical (unpaired) electrons. The Labute approximate surface area is 99.2 Å². The van der Waals surface area contributed by atoms with Crippen LogP contribution in [0, 0.1) is 0 Å². The zero-order chi connectivity index (χ0) is 12.0. The Hall–Kier alpha value is -1.84. The number of Topliss-reactive ketones (excluding diaryl/α,β-unsaturated/α-hetero) is 1. The summed E-state index contributed by atoms with van der Waals surface area (Å²) < 4.78 is 7.34. The molecule has 0 saturated heterocycles. The van der Waals surface area contributed by atoms with Crippen LogP contribution in [0.5, 0.6) is 5.75 Å². The maximum absolute atomic E-state index is 11.8. The van der Waals surface area contributed by atoms with Crippen LogP contribution in [-0.4, -0.2) is 22.0 Å². The first-order valence-electron chi connectivity index (χ1n) is 5.89. The van der Waals surface area contributed by atoms with Gasteiger partial charge >= 0.3 is 0 Å². The zero-order valence-electron chi connectivity index (χ0n) is 9.99. The first-order valence-corrected chi connectivity index (χ1v) is 5.89. The molecule has 0 bridgehead atoms. The summed E-state index contributed by atoms with van der Waals surface area (Å²) >= 11 is 0. The lowest BCUT2D eigenvalue weighted by atomic mass is 10.0. The van der Waals surface area contributed by atoms with Gasteiger partial charge in [-0.15, -0.1) is 0 Å². The van der Waals surface area contributed by atoms with E-state index in [4.69, 9.17) is 4.74 Å². The standard InChI is InChI=1S/C13H14N2O2/c1-3-10-12(8(2)16)13-9-5-7-17-11(9)4-6-15(13)14-10/h4,6H,3,5,7H2,1-2H3. The molecule has 0 atom stereocenters. The molecule has 3 rings (SSSR count). The van der Waals surface area contributed by atoms with E-state index in [2.05, 4.69) is 5.10 Å². The molecule has 4 nitrogen and oxygen atoms in total. The summed E-state index contributed by atoms with van der Waals surface area (Å²) in [6.45, 7) is 4.31. The molecule has 0 fully saturated rings. The van der Waals surface area contributed by atoms with Gasteiger partial charge in [0.2, 0.25) is 0 Å². The van der Waals surface area contributed by atoms with Crippen LogP contribution in [-0.2, 0) is 12.8 Å². The van der Waals surface area contributed by atoms with Crippen LogP contribution < -0.4 is 4.74 Å². The molecule has 3 heterocycles. The summed E-state index contributed by atoms with van der Waals surface area (Å²) in [5.41, 5.74) is 3.68. The van der Waals surface area contributed by atoms with Crippen molar-refractivity contribution in [1.29, 1.82) is 0 Å². The van der Waals surface area contributed by atoms with Crippen LogP contribution in [0.4, 0.5) is 0 Å². The third-order valence-electron chi connectivity index (χ3n) is 3.23. The molecule has 0 spiro atoms. The normalized spacial score (nSPS) is 13.8. The minimum absolute atomic E-state index is 0.0807. The van der Waals surface area contributed by atoms with Crippen molar-refractivity contribution in [2.75, 3.05) is 6.61 Å². The van der Waals surface area contributed by atoms with E-state index in [1.807, 2.05) is 23.7 Å². The molecule has 0 saturated carbocycles. The Morgan fingerprint density at radius 1 is 1.59 bits per heavy atom. The van der Waals surface area contributed by atoms with Crippen LogP contribution in [0.25, 0.3) is 5.52 Å². The lowest BCUT2D eigenvalue weighted by Crippen LogP contribution is -1.97. The number of aryl methyl sites for hydroxylation is 1. The fourth-order valence-corrected chi connectivity index (χ4v) is 2.49. The van der Waals surface area contributed by atoms with E-state index < -0.39 is 0 Å². The molecule has 88 valence electrons. The van der Waals surface area contributed by atoms with Crippen LogP contribution in [0.1, 0.15) is 35.5 Å². The molecule has 1 aliphatic heterocycles. The lowest BCUT2D eigenvalue weighted by molar-refractivity contribution is 0.101. The smallest absolute Gasteiger partial charge is 0.163 e. The summed E-state index contributed by atoms with van der Waals surface area (Å²) in [4.78, 5) is 11.8. The van der Waals surface area contributed by atoms with Gasteiger partial charge in [0.15, 0.2) is 5.78 Å². The molecule has 1 aliphatic rings. The molecule has 0 N–H and O–H groups in total. The molecule has 0 aromatic carbocycles. The highest BCUT2D eigenvalue weighted by molar-refractivity contribution is 6.03.